The highest BCUT2D eigenvalue weighted by Crippen LogP contribution is 2.36. The standard InChI is InChI=1S/C22H32N4O5S/c1-6-7-13-22(23-16(2)27,20(28)24-21(3,4)5)17-12-14-26(15-17)32(30,31)19-11-9-8-10-18(19)25-29/h6,8-11,17H,1,7,12-15H2,2-5H3,(H,23,27)(H,24,28)/t17-,22?/m1/s1. The largest absolute Gasteiger partial charge is 0.349 e. The lowest BCUT2D eigenvalue weighted by atomic mass is 9.77. The second-order valence-corrected chi connectivity index (χ2v) is 11.0. The maximum Gasteiger partial charge on any atom is 0.246 e. The summed E-state index contributed by atoms with van der Waals surface area (Å²) in [6.45, 7) is 10.7. The van der Waals surface area contributed by atoms with Gasteiger partial charge in [-0.25, -0.2) is 8.42 Å². The topological polar surface area (TPSA) is 125 Å². The van der Waals surface area contributed by atoms with Crippen LogP contribution in [0, 0.1) is 10.8 Å². The third-order valence-electron chi connectivity index (χ3n) is 5.46. The van der Waals surface area contributed by atoms with Gasteiger partial charge in [0, 0.05) is 31.5 Å². The molecule has 2 atom stereocenters. The number of benzene rings is 1. The Morgan fingerprint density at radius 3 is 2.47 bits per heavy atom. The summed E-state index contributed by atoms with van der Waals surface area (Å²) in [4.78, 5) is 36.5. The molecule has 1 aromatic rings. The lowest BCUT2D eigenvalue weighted by Crippen LogP contribution is -2.65. The van der Waals surface area contributed by atoms with Crippen molar-refractivity contribution in [2.75, 3.05) is 13.1 Å². The van der Waals surface area contributed by atoms with Crippen molar-refractivity contribution in [1.29, 1.82) is 0 Å². The number of rotatable bonds is 9. The number of nitroso groups, excluding NO2 is 1. The molecular weight excluding hydrogens is 432 g/mol. The Hall–Kier alpha value is -2.59. The fourth-order valence-electron chi connectivity index (χ4n) is 4.06. The van der Waals surface area contributed by atoms with E-state index in [1.807, 2.05) is 20.8 Å². The van der Waals surface area contributed by atoms with E-state index in [1.165, 1.54) is 35.5 Å². The molecule has 1 aromatic carbocycles. The summed E-state index contributed by atoms with van der Waals surface area (Å²) >= 11 is 0. The summed E-state index contributed by atoms with van der Waals surface area (Å²) < 4.78 is 27.7. The quantitative estimate of drug-likeness (QED) is 0.429. The normalized spacial score (nSPS) is 19.1. The second kappa shape index (κ2) is 9.91. The fraction of sp³-hybridized carbons (Fsp3) is 0.545. The third kappa shape index (κ3) is 5.60. The number of allylic oxidation sites excluding steroid dienone is 1. The molecule has 2 N–H and O–H groups in total. The van der Waals surface area contributed by atoms with Crippen molar-refractivity contribution in [3.05, 3.63) is 41.8 Å². The number of hydrogen-bond acceptors (Lipinski definition) is 6. The van der Waals surface area contributed by atoms with Crippen LogP contribution < -0.4 is 10.6 Å². The SMILES string of the molecule is C=CCCC(NC(C)=O)(C(=O)NC(C)(C)C)[C@@H]1CCN(S(=O)(=O)c2ccccc2N=O)C1. The predicted molar refractivity (Wildman–Crippen MR) is 123 cm³/mol. The highest BCUT2D eigenvalue weighted by Gasteiger charge is 2.50. The number of nitrogens with zero attached hydrogens (tertiary/aromatic N) is 2. The van der Waals surface area contributed by atoms with Gasteiger partial charge in [0.2, 0.25) is 21.8 Å². The van der Waals surface area contributed by atoms with Gasteiger partial charge in [0.25, 0.3) is 0 Å². The molecule has 0 spiro atoms. The van der Waals surface area contributed by atoms with Crippen LogP contribution in [-0.2, 0) is 19.6 Å². The van der Waals surface area contributed by atoms with Crippen LogP contribution in [0.4, 0.5) is 5.69 Å². The van der Waals surface area contributed by atoms with Gasteiger partial charge in [-0.1, -0.05) is 18.2 Å². The van der Waals surface area contributed by atoms with E-state index in [1.54, 1.807) is 6.08 Å². The van der Waals surface area contributed by atoms with Gasteiger partial charge in [-0.3, -0.25) is 9.59 Å². The minimum absolute atomic E-state index is 0.0184. The Kier molecular flexibility index (Phi) is 7.95. The molecule has 2 rings (SSSR count). The Bertz CT molecular complexity index is 986. The molecule has 0 bridgehead atoms. The molecule has 0 saturated carbocycles. The van der Waals surface area contributed by atoms with E-state index >= 15 is 0 Å². The van der Waals surface area contributed by atoms with Crippen LogP contribution in [-0.4, -0.2) is 48.7 Å². The summed E-state index contributed by atoms with van der Waals surface area (Å²) in [6, 6.07) is 5.74. The molecule has 9 nitrogen and oxygen atoms in total. The molecule has 176 valence electrons. The molecule has 2 amide bonds. The number of carbonyl (C=O) groups excluding carboxylic acids is 2. The van der Waals surface area contributed by atoms with Gasteiger partial charge in [0.1, 0.15) is 16.1 Å². The van der Waals surface area contributed by atoms with E-state index in [9.17, 15) is 22.9 Å². The molecule has 1 aliphatic heterocycles. The average Bonchev–Trinajstić information content (AvgIpc) is 3.21. The van der Waals surface area contributed by atoms with Gasteiger partial charge < -0.3 is 10.6 Å². The summed E-state index contributed by atoms with van der Waals surface area (Å²) in [6.07, 6.45) is 2.77. The second-order valence-electron chi connectivity index (χ2n) is 9.09. The van der Waals surface area contributed by atoms with E-state index < -0.39 is 27.0 Å². The first kappa shape index (κ1) is 25.7. The third-order valence-corrected chi connectivity index (χ3v) is 7.38. The minimum atomic E-state index is -4.01. The lowest BCUT2D eigenvalue weighted by Gasteiger charge is -2.40. The van der Waals surface area contributed by atoms with Gasteiger partial charge in [-0.05, 0) is 57.3 Å². The monoisotopic (exact) mass is 464 g/mol. The molecule has 0 aliphatic carbocycles. The van der Waals surface area contributed by atoms with E-state index in [2.05, 4.69) is 22.4 Å². The van der Waals surface area contributed by atoms with Crippen LogP contribution in [0.25, 0.3) is 0 Å². The zero-order chi connectivity index (χ0) is 24.2. The van der Waals surface area contributed by atoms with Crippen molar-refractivity contribution in [1.82, 2.24) is 14.9 Å². The van der Waals surface area contributed by atoms with Gasteiger partial charge in [-0.15, -0.1) is 11.5 Å². The Morgan fingerprint density at radius 1 is 1.25 bits per heavy atom. The predicted octanol–water partition coefficient (Wildman–Crippen LogP) is 2.85. The van der Waals surface area contributed by atoms with Crippen molar-refractivity contribution in [3.8, 4) is 0 Å². The number of hydrogen-bond donors (Lipinski definition) is 2. The van der Waals surface area contributed by atoms with Crippen molar-refractivity contribution in [2.24, 2.45) is 11.1 Å². The number of sulfonamides is 1. The summed E-state index contributed by atoms with van der Waals surface area (Å²) in [7, 11) is -4.01. The highest BCUT2D eigenvalue weighted by molar-refractivity contribution is 7.89. The summed E-state index contributed by atoms with van der Waals surface area (Å²) in [5, 5.41) is 8.62. The molecule has 32 heavy (non-hydrogen) atoms. The first-order chi connectivity index (χ1) is 14.9. The molecule has 1 unspecified atom stereocenters. The van der Waals surface area contributed by atoms with E-state index in [0.717, 1.165) is 0 Å². The van der Waals surface area contributed by atoms with Gasteiger partial charge in [-0.2, -0.15) is 4.31 Å². The van der Waals surface area contributed by atoms with Crippen molar-refractivity contribution in [3.63, 3.8) is 0 Å². The fourth-order valence-corrected chi connectivity index (χ4v) is 5.68. The lowest BCUT2D eigenvalue weighted by molar-refractivity contribution is -0.136. The first-order valence-corrected chi connectivity index (χ1v) is 12.0. The molecule has 1 aliphatic rings. The van der Waals surface area contributed by atoms with Gasteiger partial charge in [0.15, 0.2) is 0 Å². The molecule has 10 heteroatoms. The van der Waals surface area contributed by atoms with Crippen LogP contribution in [0.2, 0.25) is 0 Å². The number of carbonyl (C=O) groups is 2. The van der Waals surface area contributed by atoms with Crippen molar-refractivity contribution < 1.29 is 18.0 Å². The van der Waals surface area contributed by atoms with Crippen LogP contribution in [0.3, 0.4) is 0 Å². The van der Waals surface area contributed by atoms with E-state index in [4.69, 9.17) is 0 Å². The Balaban J connectivity index is 2.45. The van der Waals surface area contributed by atoms with E-state index in [0.29, 0.717) is 12.8 Å². The average molecular weight is 465 g/mol. The summed E-state index contributed by atoms with van der Waals surface area (Å²) in [5.41, 5.74) is -2.02. The van der Waals surface area contributed by atoms with Gasteiger partial charge in [0.05, 0.1) is 0 Å². The summed E-state index contributed by atoms with van der Waals surface area (Å²) in [5.74, 6) is -1.21. The first-order valence-electron chi connectivity index (χ1n) is 10.5. The van der Waals surface area contributed by atoms with Crippen molar-refractivity contribution in [2.45, 2.75) is 62.9 Å². The molecule has 1 fully saturated rings. The van der Waals surface area contributed by atoms with Crippen LogP contribution in [0.15, 0.2) is 47.0 Å². The zero-order valence-corrected chi connectivity index (χ0v) is 19.9. The number of nitrogens with one attached hydrogen (secondary N) is 2. The Morgan fingerprint density at radius 2 is 1.91 bits per heavy atom. The highest BCUT2D eigenvalue weighted by atomic mass is 32.2. The van der Waals surface area contributed by atoms with Crippen LogP contribution in [0.1, 0.15) is 47.0 Å². The molecule has 0 aromatic heterocycles. The molecule has 1 heterocycles. The molecule has 1 saturated heterocycles. The maximum atomic E-state index is 13.5. The minimum Gasteiger partial charge on any atom is -0.349 e. The zero-order valence-electron chi connectivity index (χ0n) is 19.1. The molecular formula is C22H32N4O5S. The Labute approximate surface area is 189 Å². The van der Waals surface area contributed by atoms with Crippen LogP contribution in [0.5, 0.6) is 0 Å². The molecule has 0 radical (unpaired) electrons. The van der Waals surface area contributed by atoms with Gasteiger partial charge >= 0.3 is 0 Å². The number of amides is 2. The maximum absolute atomic E-state index is 13.5. The van der Waals surface area contributed by atoms with Crippen LogP contribution >= 0.6 is 0 Å². The smallest absolute Gasteiger partial charge is 0.246 e. The van der Waals surface area contributed by atoms with Crippen molar-refractivity contribution >= 4 is 27.5 Å². The van der Waals surface area contributed by atoms with E-state index in [-0.39, 0.29) is 41.9 Å².